The maximum atomic E-state index is 13.7. The third kappa shape index (κ3) is 10.3. The number of halogens is 1. The van der Waals surface area contributed by atoms with Crippen LogP contribution >= 0.6 is 0 Å². The number of benzene rings is 3. The topological polar surface area (TPSA) is 134 Å². The van der Waals surface area contributed by atoms with Crippen molar-refractivity contribution < 1.29 is 33.6 Å². The summed E-state index contributed by atoms with van der Waals surface area (Å²) in [6, 6.07) is 28.8. The first kappa shape index (κ1) is 38.9. The van der Waals surface area contributed by atoms with E-state index in [0.717, 1.165) is 80.4 Å². The number of hydrogen-bond donors (Lipinski definition) is 2. The maximum Gasteiger partial charge on any atom is 0.414 e. The first-order valence-corrected chi connectivity index (χ1v) is 19.1. The molecule has 8 rings (SSSR count). The lowest BCUT2D eigenvalue weighted by molar-refractivity contribution is 0.0963. The number of para-hydroxylation sites is 2. The molecule has 3 fully saturated rings. The van der Waals surface area contributed by atoms with Gasteiger partial charge in [0.25, 0.3) is 0 Å². The number of aromatic nitrogens is 3. The zero-order chi connectivity index (χ0) is 39.6. The number of pyridine rings is 1. The van der Waals surface area contributed by atoms with Crippen LogP contribution in [0.3, 0.4) is 0 Å². The zero-order valence-electron chi connectivity index (χ0n) is 31.7. The van der Waals surface area contributed by atoms with Crippen molar-refractivity contribution in [2.45, 2.75) is 50.9 Å². The molecule has 1 atom stereocenters. The van der Waals surface area contributed by atoms with Crippen LogP contribution in [0, 0.1) is 24.6 Å². The first-order chi connectivity index (χ1) is 27.8. The number of amides is 1. The van der Waals surface area contributed by atoms with E-state index in [1.54, 1.807) is 48.7 Å². The smallest absolute Gasteiger partial charge is 0.414 e. The summed E-state index contributed by atoms with van der Waals surface area (Å²) in [4.78, 5) is 22.3. The summed E-state index contributed by atoms with van der Waals surface area (Å²) in [5, 5.41) is 26.9. The van der Waals surface area contributed by atoms with Crippen LogP contribution in [0.2, 0.25) is 0 Å². The van der Waals surface area contributed by atoms with Crippen molar-refractivity contribution in [3.63, 3.8) is 0 Å². The Labute approximate surface area is 331 Å². The fourth-order valence-electron chi connectivity index (χ4n) is 6.79. The van der Waals surface area contributed by atoms with Gasteiger partial charge in [0, 0.05) is 57.4 Å². The molecule has 3 aliphatic heterocycles. The van der Waals surface area contributed by atoms with Gasteiger partial charge in [-0.15, -0.1) is 10.2 Å². The molecule has 13 heteroatoms. The number of aliphatic hydroxyl groups excluding tert-OH is 1. The number of piperidine rings is 2. The summed E-state index contributed by atoms with van der Waals surface area (Å²) in [5.41, 5.74) is 3.22. The zero-order valence-corrected chi connectivity index (χ0v) is 31.7. The molecule has 5 heterocycles. The number of phenolic OH excluding ortho intramolecular Hbond substituents is 1. The van der Waals surface area contributed by atoms with E-state index in [-0.39, 0.29) is 30.4 Å². The van der Waals surface area contributed by atoms with Gasteiger partial charge in [-0.25, -0.2) is 14.2 Å². The molecule has 2 N–H and O–H groups in total. The fourth-order valence-corrected chi connectivity index (χ4v) is 6.79. The second-order valence-electron chi connectivity index (χ2n) is 14.1. The van der Waals surface area contributed by atoms with Crippen LogP contribution in [0.4, 0.5) is 26.5 Å². The van der Waals surface area contributed by atoms with Gasteiger partial charge >= 0.3 is 6.09 Å². The van der Waals surface area contributed by atoms with Crippen LogP contribution in [0.5, 0.6) is 17.2 Å². The molecule has 0 unspecified atom stereocenters. The van der Waals surface area contributed by atoms with Crippen LogP contribution in [-0.4, -0.2) is 89.1 Å². The average molecular weight is 773 g/mol. The Morgan fingerprint density at radius 1 is 0.772 bits per heavy atom. The maximum absolute atomic E-state index is 13.7. The Morgan fingerprint density at radius 3 is 2.00 bits per heavy atom. The number of aryl methyl sites for hydroxylation is 1. The summed E-state index contributed by atoms with van der Waals surface area (Å²) < 4.78 is 30.8. The molecule has 1 amide bonds. The van der Waals surface area contributed by atoms with E-state index in [1.807, 2.05) is 42.5 Å². The van der Waals surface area contributed by atoms with Crippen molar-refractivity contribution >= 4 is 23.4 Å². The van der Waals surface area contributed by atoms with E-state index in [4.69, 9.17) is 19.3 Å². The number of anilines is 3. The molecule has 0 aliphatic carbocycles. The van der Waals surface area contributed by atoms with Gasteiger partial charge in [0.2, 0.25) is 0 Å². The highest BCUT2D eigenvalue weighted by Gasteiger charge is 2.32. The molecule has 294 valence electrons. The van der Waals surface area contributed by atoms with Crippen LogP contribution < -0.4 is 24.2 Å². The fraction of sp³-hybridized carbons (Fsp3) is 0.318. The number of cyclic esters (lactones) is 1. The average Bonchev–Trinajstić information content (AvgIpc) is 3.64. The summed E-state index contributed by atoms with van der Waals surface area (Å²) in [5.74, 6) is 8.81. The Bertz CT molecular complexity index is 2150. The predicted molar refractivity (Wildman–Crippen MR) is 214 cm³/mol. The Kier molecular flexibility index (Phi) is 12.6. The van der Waals surface area contributed by atoms with Crippen LogP contribution in [0.15, 0.2) is 103 Å². The molecule has 12 nitrogen and oxygen atoms in total. The number of nitrogens with zero attached hydrogens (tertiary/aromatic N) is 6. The van der Waals surface area contributed by atoms with Gasteiger partial charge in [-0.3, -0.25) is 4.90 Å². The van der Waals surface area contributed by atoms with E-state index in [2.05, 4.69) is 49.8 Å². The lowest BCUT2D eigenvalue weighted by atomic mass is 10.1. The third-order valence-corrected chi connectivity index (χ3v) is 10.0. The van der Waals surface area contributed by atoms with Crippen molar-refractivity contribution in [2.75, 3.05) is 54.0 Å². The number of rotatable bonds is 8. The molecular weight excluding hydrogens is 728 g/mol. The van der Waals surface area contributed by atoms with Gasteiger partial charge in [-0.1, -0.05) is 36.3 Å². The predicted octanol–water partition coefficient (Wildman–Crippen LogP) is 6.52. The summed E-state index contributed by atoms with van der Waals surface area (Å²) >= 11 is 0. The number of aliphatic hydroxyl groups is 1. The number of phenols is 1. The van der Waals surface area contributed by atoms with Crippen LogP contribution in [0.25, 0.3) is 0 Å². The molecule has 3 aromatic carbocycles. The summed E-state index contributed by atoms with van der Waals surface area (Å²) in [6.45, 7) is 5.53. The molecule has 0 spiro atoms. The van der Waals surface area contributed by atoms with Gasteiger partial charge in [0.15, 0.2) is 17.4 Å². The molecule has 0 radical (unpaired) electrons. The molecule has 57 heavy (non-hydrogen) atoms. The monoisotopic (exact) mass is 772 g/mol. The first-order valence-electron chi connectivity index (χ1n) is 19.1. The number of aromatic hydroxyl groups is 1. The minimum absolute atomic E-state index is 0.00782. The van der Waals surface area contributed by atoms with E-state index < -0.39 is 12.2 Å². The lowest BCUT2D eigenvalue weighted by Crippen LogP contribution is -2.38. The molecular formula is C44H45FN6O6. The highest BCUT2D eigenvalue weighted by Crippen LogP contribution is 2.27. The SMILES string of the molecule is Cc1ccccc1OC1CCN(c2ccc(N3C[C@H](CO)OC3=O)cn2)CC1.Oc1ccc(C#Cc2ccc(N3CCC(Oc4ccccc4F)CC3)nn2)cc1. The number of carbonyl (C=O) groups excluding carboxylic acids is 1. The van der Waals surface area contributed by atoms with Gasteiger partial charge < -0.3 is 34.2 Å². The molecule has 0 bridgehead atoms. The third-order valence-electron chi connectivity index (χ3n) is 10.0. The lowest BCUT2D eigenvalue weighted by Gasteiger charge is -2.33. The highest BCUT2D eigenvalue weighted by atomic mass is 19.1. The summed E-state index contributed by atoms with van der Waals surface area (Å²) in [7, 11) is 0. The quantitative estimate of drug-likeness (QED) is 0.167. The van der Waals surface area contributed by atoms with Crippen molar-refractivity contribution in [1.82, 2.24) is 15.2 Å². The van der Waals surface area contributed by atoms with E-state index >= 15 is 0 Å². The van der Waals surface area contributed by atoms with Crippen molar-refractivity contribution in [2.24, 2.45) is 0 Å². The molecule has 3 saturated heterocycles. The van der Waals surface area contributed by atoms with Gasteiger partial charge in [-0.2, -0.15) is 0 Å². The second-order valence-corrected chi connectivity index (χ2v) is 14.1. The van der Waals surface area contributed by atoms with Gasteiger partial charge in [-0.05, 0) is 85.1 Å². The van der Waals surface area contributed by atoms with Crippen LogP contribution in [0.1, 0.15) is 42.5 Å². The minimum atomic E-state index is -0.473. The largest absolute Gasteiger partial charge is 0.508 e. The molecule has 2 aromatic heterocycles. The number of hydrogen-bond acceptors (Lipinski definition) is 11. The van der Waals surface area contributed by atoms with Crippen molar-refractivity contribution in [3.8, 4) is 29.1 Å². The Balaban J connectivity index is 0.000000174. The second kappa shape index (κ2) is 18.5. The Morgan fingerprint density at radius 2 is 1.40 bits per heavy atom. The minimum Gasteiger partial charge on any atom is -0.508 e. The normalized spacial score (nSPS) is 17.2. The van der Waals surface area contributed by atoms with Gasteiger partial charge in [0.05, 0.1) is 25.0 Å². The molecule has 5 aromatic rings. The Hall–Kier alpha value is -6.39. The molecule has 0 saturated carbocycles. The van der Waals surface area contributed by atoms with Crippen molar-refractivity contribution in [3.05, 3.63) is 126 Å². The van der Waals surface area contributed by atoms with Gasteiger partial charge in [0.1, 0.15) is 41.3 Å². The molecule has 3 aliphatic rings. The van der Waals surface area contributed by atoms with E-state index in [0.29, 0.717) is 23.7 Å². The van der Waals surface area contributed by atoms with Crippen molar-refractivity contribution in [1.29, 1.82) is 0 Å². The number of ether oxygens (including phenoxy) is 3. The standard InChI is InChI=1S/C23H20FN3O2.C21H25N3O4/c24-21-3-1-2-4-22(21)29-20-13-15-27(16-14-20)23-12-9-18(25-26-23)8-5-17-6-10-19(28)11-7-17;1-15-4-2-3-5-19(15)27-17-8-10-23(11-9-17)20-7-6-16(12-22-20)24-13-18(14-25)28-21(24)26/h1-4,6-7,9-12,20,28H,13-16H2;2-7,12,17-18,25H,8-11,13-14H2,1H3/t;18-/m.1/s1. The highest BCUT2D eigenvalue weighted by molar-refractivity contribution is 5.89. The van der Waals surface area contributed by atoms with Crippen LogP contribution in [-0.2, 0) is 4.74 Å². The van der Waals surface area contributed by atoms with E-state index in [9.17, 15) is 14.3 Å². The summed E-state index contributed by atoms with van der Waals surface area (Å²) in [6.07, 6.45) is 4.44. The number of carbonyl (C=O) groups is 1. The van der Waals surface area contributed by atoms with E-state index in [1.165, 1.54) is 11.0 Å².